The number of thiazole rings is 1. The fraction of sp³-hybridized carbons (Fsp3) is 0.143. The van der Waals surface area contributed by atoms with Crippen molar-refractivity contribution in [1.29, 1.82) is 0 Å². The highest BCUT2D eigenvalue weighted by atomic mass is 35.5. The highest BCUT2D eigenvalue weighted by Gasteiger charge is 2.21. The maximum absolute atomic E-state index is 11.3. The second kappa shape index (κ2) is 6.17. The normalized spacial score (nSPS) is 11.9. The Balaban J connectivity index is 2.22. The largest absolute Gasteiger partial charge is 0.466 e. The molecule has 0 radical (unpaired) electrons. The van der Waals surface area contributed by atoms with Crippen LogP contribution in [-0.4, -0.2) is 23.2 Å². The van der Waals surface area contributed by atoms with Crippen molar-refractivity contribution < 1.29 is 14.6 Å². The number of aliphatic hydroxyl groups excluding tert-OH is 1. The van der Waals surface area contributed by atoms with Gasteiger partial charge in [-0.25, -0.2) is 9.78 Å². The van der Waals surface area contributed by atoms with Crippen LogP contribution in [0.2, 0.25) is 5.02 Å². The average Bonchev–Trinajstić information content (AvgIpc) is 2.95. The monoisotopic (exact) mass is 309 g/mol. The molecule has 20 heavy (non-hydrogen) atoms. The van der Waals surface area contributed by atoms with Crippen molar-refractivity contribution in [3.63, 3.8) is 0 Å². The number of carbonyl (C=O) groups excluding carboxylic acids is 1. The summed E-state index contributed by atoms with van der Waals surface area (Å²) < 4.78 is 4.52. The summed E-state index contributed by atoms with van der Waals surface area (Å²) in [5.74, 6) is -0.654. The summed E-state index contributed by atoms with van der Waals surface area (Å²) >= 11 is 7.19. The number of halogens is 1. The minimum absolute atomic E-state index is 0.0412. The predicted octanol–water partition coefficient (Wildman–Crippen LogP) is 3.23. The highest BCUT2D eigenvalue weighted by Crippen LogP contribution is 2.29. The number of carbonyl (C=O) groups is 1. The molecule has 0 saturated carbocycles. The number of benzene rings is 1. The molecule has 0 spiro atoms. The molecule has 1 N–H and O–H groups in total. The van der Waals surface area contributed by atoms with Gasteiger partial charge in [0, 0.05) is 16.0 Å². The Morgan fingerprint density at radius 2 is 2.10 bits per heavy atom. The number of aliphatic hydroxyl groups is 1. The van der Waals surface area contributed by atoms with Crippen molar-refractivity contribution >= 4 is 28.9 Å². The maximum Gasteiger partial charge on any atom is 0.336 e. The van der Waals surface area contributed by atoms with Crippen LogP contribution in [0.3, 0.4) is 0 Å². The van der Waals surface area contributed by atoms with Gasteiger partial charge >= 0.3 is 5.97 Å². The van der Waals surface area contributed by atoms with Crippen LogP contribution in [0.5, 0.6) is 0 Å². The molecule has 0 amide bonds. The van der Waals surface area contributed by atoms with E-state index < -0.39 is 12.1 Å². The standard InChI is InChI=1S/C14H12ClNO3S/c1-8(14(18)19-2)12(17)11-7-20-13(16-11)9-3-5-10(15)6-4-9/h3-7,12,17H,1H2,2H3/t12-/m1/s1. The quantitative estimate of drug-likeness (QED) is 0.696. The molecule has 0 saturated heterocycles. The fourth-order valence-corrected chi connectivity index (χ4v) is 2.53. The molecular weight excluding hydrogens is 298 g/mol. The van der Waals surface area contributed by atoms with Crippen LogP contribution in [-0.2, 0) is 9.53 Å². The van der Waals surface area contributed by atoms with Gasteiger partial charge in [0.15, 0.2) is 0 Å². The highest BCUT2D eigenvalue weighted by molar-refractivity contribution is 7.13. The molecule has 1 aromatic carbocycles. The van der Waals surface area contributed by atoms with Gasteiger partial charge in [-0.2, -0.15) is 0 Å². The lowest BCUT2D eigenvalue weighted by atomic mass is 10.1. The summed E-state index contributed by atoms with van der Waals surface area (Å²) in [5, 5.41) is 13.1. The molecule has 0 aliphatic carbocycles. The minimum atomic E-state index is -1.17. The zero-order valence-electron chi connectivity index (χ0n) is 10.7. The summed E-state index contributed by atoms with van der Waals surface area (Å²) in [6.07, 6.45) is -1.17. The molecule has 6 heteroatoms. The molecular formula is C14H12ClNO3S. The van der Waals surface area contributed by atoms with Crippen LogP contribution in [0.1, 0.15) is 11.8 Å². The van der Waals surface area contributed by atoms with Gasteiger partial charge in [0.2, 0.25) is 0 Å². The third-order valence-electron chi connectivity index (χ3n) is 2.67. The smallest absolute Gasteiger partial charge is 0.336 e. The molecule has 0 bridgehead atoms. The van der Waals surface area contributed by atoms with Crippen molar-refractivity contribution in [3.05, 3.63) is 52.5 Å². The van der Waals surface area contributed by atoms with E-state index in [2.05, 4.69) is 16.3 Å². The van der Waals surface area contributed by atoms with Crippen LogP contribution >= 0.6 is 22.9 Å². The van der Waals surface area contributed by atoms with E-state index >= 15 is 0 Å². The number of methoxy groups -OCH3 is 1. The van der Waals surface area contributed by atoms with Crippen LogP contribution < -0.4 is 0 Å². The molecule has 2 rings (SSSR count). The van der Waals surface area contributed by atoms with Crippen LogP contribution in [0, 0.1) is 0 Å². The number of hydrogen-bond acceptors (Lipinski definition) is 5. The van der Waals surface area contributed by atoms with Crippen molar-refractivity contribution in [2.24, 2.45) is 0 Å². The summed E-state index contributed by atoms with van der Waals surface area (Å²) in [4.78, 5) is 15.6. The summed E-state index contributed by atoms with van der Waals surface area (Å²) in [7, 11) is 1.24. The Kier molecular flexibility index (Phi) is 4.54. The first-order valence-corrected chi connectivity index (χ1v) is 6.95. The third kappa shape index (κ3) is 3.07. The van der Waals surface area contributed by atoms with E-state index in [9.17, 15) is 9.90 Å². The lowest BCUT2D eigenvalue weighted by molar-refractivity contribution is -0.137. The maximum atomic E-state index is 11.3. The van der Waals surface area contributed by atoms with Gasteiger partial charge in [0.1, 0.15) is 11.1 Å². The summed E-state index contributed by atoms with van der Waals surface area (Å²) in [6.45, 7) is 3.52. The number of hydrogen-bond donors (Lipinski definition) is 1. The molecule has 1 heterocycles. The molecule has 104 valence electrons. The SMILES string of the molecule is C=C(C(=O)OC)[C@@H](O)c1csc(-c2ccc(Cl)cc2)n1. The van der Waals surface area contributed by atoms with Gasteiger partial charge in [-0.15, -0.1) is 11.3 Å². The molecule has 0 fully saturated rings. The molecule has 1 atom stereocenters. The van der Waals surface area contributed by atoms with E-state index in [4.69, 9.17) is 11.6 Å². The van der Waals surface area contributed by atoms with E-state index in [1.165, 1.54) is 18.4 Å². The van der Waals surface area contributed by atoms with Crippen LogP contribution in [0.4, 0.5) is 0 Å². The topological polar surface area (TPSA) is 59.4 Å². The number of aromatic nitrogens is 1. The average molecular weight is 310 g/mol. The Morgan fingerprint density at radius 1 is 1.45 bits per heavy atom. The Morgan fingerprint density at radius 3 is 2.70 bits per heavy atom. The van der Waals surface area contributed by atoms with E-state index in [1.54, 1.807) is 17.5 Å². The summed E-state index contributed by atoms with van der Waals surface area (Å²) in [6, 6.07) is 7.21. The number of nitrogens with zero attached hydrogens (tertiary/aromatic N) is 1. The van der Waals surface area contributed by atoms with Gasteiger partial charge in [-0.3, -0.25) is 0 Å². The zero-order chi connectivity index (χ0) is 14.7. The Labute approximate surface area is 125 Å². The summed E-state index contributed by atoms with van der Waals surface area (Å²) in [5.41, 5.74) is 1.22. The van der Waals surface area contributed by atoms with E-state index in [1.807, 2.05) is 12.1 Å². The minimum Gasteiger partial charge on any atom is -0.466 e. The molecule has 4 nitrogen and oxygen atoms in total. The molecule has 2 aromatic rings. The second-order valence-corrected chi connectivity index (χ2v) is 5.30. The Hall–Kier alpha value is -1.69. The van der Waals surface area contributed by atoms with Gasteiger partial charge in [0.25, 0.3) is 0 Å². The fourth-order valence-electron chi connectivity index (χ4n) is 1.56. The number of esters is 1. The lowest BCUT2D eigenvalue weighted by Crippen LogP contribution is -2.12. The first-order chi connectivity index (χ1) is 9.52. The number of rotatable bonds is 4. The first kappa shape index (κ1) is 14.7. The zero-order valence-corrected chi connectivity index (χ0v) is 12.2. The molecule has 0 unspecified atom stereocenters. The van der Waals surface area contributed by atoms with Crippen molar-refractivity contribution in [1.82, 2.24) is 4.98 Å². The van der Waals surface area contributed by atoms with Crippen molar-refractivity contribution in [2.75, 3.05) is 7.11 Å². The first-order valence-electron chi connectivity index (χ1n) is 5.69. The molecule has 0 aliphatic heterocycles. The second-order valence-electron chi connectivity index (χ2n) is 4.00. The molecule has 1 aromatic heterocycles. The van der Waals surface area contributed by atoms with Gasteiger partial charge in [-0.1, -0.05) is 30.3 Å². The van der Waals surface area contributed by atoms with Gasteiger partial charge in [0.05, 0.1) is 18.4 Å². The van der Waals surface area contributed by atoms with Crippen molar-refractivity contribution in [3.8, 4) is 10.6 Å². The molecule has 0 aliphatic rings. The third-order valence-corrected chi connectivity index (χ3v) is 3.83. The van der Waals surface area contributed by atoms with Crippen LogP contribution in [0.25, 0.3) is 10.6 Å². The van der Waals surface area contributed by atoms with Crippen molar-refractivity contribution in [2.45, 2.75) is 6.10 Å². The van der Waals surface area contributed by atoms with E-state index in [0.717, 1.165) is 10.6 Å². The Bertz CT molecular complexity index is 636. The lowest BCUT2D eigenvalue weighted by Gasteiger charge is -2.08. The number of ether oxygens (including phenoxy) is 1. The van der Waals surface area contributed by atoms with Gasteiger partial charge < -0.3 is 9.84 Å². The van der Waals surface area contributed by atoms with Crippen LogP contribution in [0.15, 0.2) is 41.8 Å². The van der Waals surface area contributed by atoms with Gasteiger partial charge in [-0.05, 0) is 12.1 Å². The van der Waals surface area contributed by atoms with E-state index in [-0.39, 0.29) is 5.57 Å². The van der Waals surface area contributed by atoms with E-state index in [0.29, 0.717) is 10.7 Å². The predicted molar refractivity (Wildman–Crippen MR) is 78.7 cm³/mol.